The Bertz CT molecular complexity index is 800. The number of rotatable bonds is 9. The van der Waals surface area contributed by atoms with E-state index in [9.17, 15) is 9.59 Å². The average Bonchev–Trinajstić information content (AvgIpc) is 3.05. The van der Waals surface area contributed by atoms with E-state index in [0.717, 1.165) is 11.5 Å². The second kappa shape index (κ2) is 9.94. The number of nitrogens with one attached hydrogen (secondary N) is 1. The van der Waals surface area contributed by atoms with Crippen molar-refractivity contribution in [3.63, 3.8) is 0 Å². The van der Waals surface area contributed by atoms with Crippen molar-refractivity contribution >= 4 is 17.5 Å². The molecule has 0 saturated carbocycles. The normalized spacial score (nSPS) is 11.0. The molecule has 28 heavy (non-hydrogen) atoms. The molecule has 0 bridgehead atoms. The van der Waals surface area contributed by atoms with Gasteiger partial charge in [-0.05, 0) is 45.0 Å². The molecular weight excluding hydrogens is 358 g/mol. The van der Waals surface area contributed by atoms with Gasteiger partial charge in [0.25, 0.3) is 0 Å². The average molecular weight is 387 g/mol. The minimum Gasteiger partial charge on any atom is -0.497 e. The zero-order valence-corrected chi connectivity index (χ0v) is 17.2. The molecule has 152 valence electrons. The molecule has 2 rings (SSSR count). The van der Waals surface area contributed by atoms with E-state index in [1.54, 1.807) is 38.4 Å². The number of carbonyl (C=O) groups is 2. The van der Waals surface area contributed by atoms with Gasteiger partial charge in [0.1, 0.15) is 17.3 Å². The summed E-state index contributed by atoms with van der Waals surface area (Å²) in [7, 11) is 3.20. The summed E-state index contributed by atoms with van der Waals surface area (Å²) in [5.74, 6) is 1.93. The van der Waals surface area contributed by atoms with E-state index in [2.05, 4.69) is 5.32 Å². The summed E-state index contributed by atoms with van der Waals surface area (Å²) in [6.07, 6.45) is 0. The van der Waals surface area contributed by atoms with Crippen molar-refractivity contribution in [2.24, 2.45) is 0 Å². The zero-order chi connectivity index (χ0) is 20.7. The van der Waals surface area contributed by atoms with Gasteiger partial charge in [-0.25, -0.2) is 0 Å². The Morgan fingerprint density at radius 1 is 1.18 bits per heavy atom. The first-order valence-corrected chi connectivity index (χ1v) is 9.25. The van der Waals surface area contributed by atoms with Gasteiger partial charge in [-0.1, -0.05) is 6.07 Å². The van der Waals surface area contributed by atoms with Crippen LogP contribution in [0.3, 0.4) is 0 Å². The number of aryl methyl sites for hydroxylation is 1. The molecular formula is C21H29N3O4. The van der Waals surface area contributed by atoms with Crippen LogP contribution >= 0.6 is 0 Å². The quantitative estimate of drug-likeness (QED) is 0.716. The fourth-order valence-electron chi connectivity index (χ4n) is 2.69. The number of methoxy groups -OCH3 is 1. The van der Waals surface area contributed by atoms with E-state index in [1.807, 2.05) is 37.8 Å². The van der Waals surface area contributed by atoms with Gasteiger partial charge < -0.3 is 19.4 Å². The smallest absolute Gasteiger partial charge is 0.243 e. The molecule has 1 aromatic heterocycles. The van der Waals surface area contributed by atoms with Crippen LogP contribution in [-0.4, -0.2) is 54.9 Å². The standard InChI is InChI=1S/C21H29N3O4/c1-15(2)24(12-19-10-9-16(3)28-19)14-21(26)23(4)13-20(25)22-17-7-6-8-18(11-17)27-5/h6-11,15H,12-14H2,1-5H3,(H,22,25). The predicted molar refractivity (Wildman–Crippen MR) is 108 cm³/mol. The molecule has 0 atom stereocenters. The maximum absolute atomic E-state index is 12.6. The van der Waals surface area contributed by atoms with E-state index in [1.165, 1.54) is 4.90 Å². The highest BCUT2D eigenvalue weighted by atomic mass is 16.5. The van der Waals surface area contributed by atoms with Gasteiger partial charge in [-0.3, -0.25) is 14.5 Å². The SMILES string of the molecule is COc1cccc(NC(=O)CN(C)C(=O)CN(Cc2ccc(C)o2)C(C)C)c1. The fraction of sp³-hybridized carbons (Fsp3) is 0.429. The highest BCUT2D eigenvalue weighted by Crippen LogP contribution is 2.16. The highest BCUT2D eigenvalue weighted by molar-refractivity contribution is 5.94. The predicted octanol–water partition coefficient (Wildman–Crippen LogP) is 2.90. The maximum Gasteiger partial charge on any atom is 0.243 e. The van der Waals surface area contributed by atoms with Crippen LogP contribution in [0.2, 0.25) is 0 Å². The summed E-state index contributed by atoms with van der Waals surface area (Å²) in [6, 6.07) is 11.1. The van der Waals surface area contributed by atoms with Gasteiger partial charge in [-0.2, -0.15) is 0 Å². The number of ether oxygens (including phenoxy) is 1. The van der Waals surface area contributed by atoms with Crippen LogP contribution < -0.4 is 10.1 Å². The lowest BCUT2D eigenvalue weighted by molar-refractivity contribution is -0.134. The zero-order valence-electron chi connectivity index (χ0n) is 17.2. The Hall–Kier alpha value is -2.80. The number of hydrogen-bond donors (Lipinski definition) is 1. The molecule has 2 aromatic rings. The van der Waals surface area contributed by atoms with Crippen molar-refractivity contribution in [3.05, 3.63) is 47.9 Å². The molecule has 0 aliphatic heterocycles. The number of furan rings is 1. The van der Waals surface area contributed by atoms with Crippen LogP contribution in [0.25, 0.3) is 0 Å². The van der Waals surface area contributed by atoms with Gasteiger partial charge in [0.2, 0.25) is 11.8 Å². The van der Waals surface area contributed by atoms with Gasteiger partial charge in [-0.15, -0.1) is 0 Å². The van der Waals surface area contributed by atoms with Crippen LogP contribution in [0.1, 0.15) is 25.4 Å². The summed E-state index contributed by atoms with van der Waals surface area (Å²) < 4.78 is 10.8. The highest BCUT2D eigenvalue weighted by Gasteiger charge is 2.20. The first kappa shape index (κ1) is 21.5. The summed E-state index contributed by atoms with van der Waals surface area (Å²) in [5, 5.41) is 2.78. The van der Waals surface area contributed by atoms with E-state index in [-0.39, 0.29) is 30.9 Å². The molecule has 0 saturated heterocycles. The summed E-state index contributed by atoms with van der Waals surface area (Å²) >= 11 is 0. The second-order valence-corrected chi connectivity index (χ2v) is 7.04. The van der Waals surface area contributed by atoms with Crippen LogP contribution in [0.15, 0.2) is 40.8 Å². The summed E-state index contributed by atoms with van der Waals surface area (Å²) in [5.41, 5.74) is 0.627. The number of likely N-dealkylation sites (N-methyl/N-ethyl adjacent to an activating group) is 1. The van der Waals surface area contributed by atoms with E-state index in [4.69, 9.17) is 9.15 Å². The first-order chi connectivity index (χ1) is 13.3. The summed E-state index contributed by atoms with van der Waals surface area (Å²) in [4.78, 5) is 28.3. The number of nitrogens with zero attached hydrogens (tertiary/aromatic N) is 2. The molecule has 0 fully saturated rings. The molecule has 2 amide bonds. The maximum atomic E-state index is 12.6. The largest absolute Gasteiger partial charge is 0.497 e. The molecule has 0 aliphatic carbocycles. The van der Waals surface area contributed by atoms with Crippen molar-refractivity contribution in [1.82, 2.24) is 9.80 Å². The minimum atomic E-state index is -0.262. The van der Waals surface area contributed by atoms with E-state index < -0.39 is 0 Å². The molecule has 0 unspecified atom stereocenters. The number of amides is 2. The van der Waals surface area contributed by atoms with Crippen molar-refractivity contribution in [1.29, 1.82) is 0 Å². The fourth-order valence-corrected chi connectivity index (χ4v) is 2.69. The van der Waals surface area contributed by atoms with Crippen LogP contribution in [0.5, 0.6) is 5.75 Å². The van der Waals surface area contributed by atoms with E-state index >= 15 is 0 Å². The molecule has 0 spiro atoms. The van der Waals surface area contributed by atoms with Gasteiger partial charge in [0, 0.05) is 24.8 Å². The van der Waals surface area contributed by atoms with Gasteiger partial charge >= 0.3 is 0 Å². The number of anilines is 1. The molecule has 0 aliphatic rings. The Labute approximate surface area is 166 Å². The lowest BCUT2D eigenvalue weighted by atomic mass is 10.2. The lowest BCUT2D eigenvalue weighted by Crippen LogP contribution is -2.43. The van der Waals surface area contributed by atoms with E-state index in [0.29, 0.717) is 18.0 Å². The van der Waals surface area contributed by atoms with Gasteiger partial charge in [0.05, 0.1) is 26.7 Å². The van der Waals surface area contributed by atoms with Crippen molar-refractivity contribution in [2.45, 2.75) is 33.4 Å². The summed E-state index contributed by atoms with van der Waals surface area (Å²) in [6.45, 7) is 6.67. The Balaban J connectivity index is 1.89. The third kappa shape index (κ3) is 6.42. The van der Waals surface area contributed by atoms with Crippen molar-refractivity contribution in [3.8, 4) is 5.75 Å². The molecule has 1 N–H and O–H groups in total. The topological polar surface area (TPSA) is 75.0 Å². The molecule has 7 nitrogen and oxygen atoms in total. The Morgan fingerprint density at radius 3 is 2.54 bits per heavy atom. The Morgan fingerprint density at radius 2 is 1.93 bits per heavy atom. The van der Waals surface area contributed by atoms with Crippen LogP contribution in [-0.2, 0) is 16.1 Å². The molecule has 7 heteroatoms. The molecule has 0 radical (unpaired) electrons. The minimum absolute atomic E-state index is 0.0260. The number of carbonyl (C=O) groups excluding carboxylic acids is 2. The number of benzene rings is 1. The molecule has 1 heterocycles. The van der Waals surface area contributed by atoms with Crippen LogP contribution in [0.4, 0.5) is 5.69 Å². The third-order valence-corrected chi connectivity index (χ3v) is 4.38. The Kier molecular flexibility index (Phi) is 7.63. The third-order valence-electron chi connectivity index (χ3n) is 4.38. The second-order valence-electron chi connectivity index (χ2n) is 7.04. The van der Waals surface area contributed by atoms with Crippen molar-refractivity contribution < 1.29 is 18.7 Å². The number of hydrogen-bond acceptors (Lipinski definition) is 5. The van der Waals surface area contributed by atoms with Crippen LogP contribution in [0, 0.1) is 6.92 Å². The first-order valence-electron chi connectivity index (χ1n) is 9.25. The van der Waals surface area contributed by atoms with Crippen molar-refractivity contribution in [2.75, 3.05) is 32.6 Å². The van der Waals surface area contributed by atoms with Gasteiger partial charge in [0.15, 0.2) is 0 Å². The lowest BCUT2D eigenvalue weighted by Gasteiger charge is -2.27. The molecule has 1 aromatic carbocycles. The monoisotopic (exact) mass is 387 g/mol.